The number of piperazine rings is 1. The van der Waals surface area contributed by atoms with Gasteiger partial charge < -0.3 is 25.3 Å². The van der Waals surface area contributed by atoms with Gasteiger partial charge >= 0.3 is 5.92 Å². The molecule has 0 spiro atoms. The highest BCUT2D eigenvalue weighted by molar-refractivity contribution is 5.92. The second-order valence-electron chi connectivity index (χ2n) is 12.6. The lowest BCUT2D eigenvalue weighted by atomic mass is 9.84. The van der Waals surface area contributed by atoms with Crippen LogP contribution in [0.25, 0.3) is 11.1 Å². The number of rotatable bonds is 11. The molecule has 2 aromatic heterocycles. The summed E-state index contributed by atoms with van der Waals surface area (Å²) in [6, 6.07) is 19.7. The standard InChI is InChI=1S/C36H36F4N8O3/c1-23(24(2)49)34(50)43-28-7-11-30(12-8-28)47-17-15-46(16-18-47)29-9-3-25(4-10-29)26-5-14-33(41-20-26)36(39,40)35(51,21-48-22-42-44-45-48)31-13-6-27(37)19-32(31)38/h3-14,19-20,22-24,49,51H,15-18,21H2,1-2H3,(H,43,50)/t23?,24?,35-/m0/s1. The van der Waals surface area contributed by atoms with Gasteiger partial charge in [-0.15, -0.1) is 5.10 Å². The van der Waals surface area contributed by atoms with Crippen molar-refractivity contribution >= 4 is 23.0 Å². The van der Waals surface area contributed by atoms with E-state index >= 15 is 8.78 Å². The van der Waals surface area contributed by atoms with Crippen LogP contribution < -0.4 is 15.1 Å². The van der Waals surface area contributed by atoms with Crippen molar-refractivity contribution in [1.82, 2.24) is 25.2 Å². The Morgan fingerprint density at radius 1 is 0.882 bits per heavy atom. The Morgan fingerprint density at radius 3 is 2.02 bits per heavy atom. The number of amides is 1. The van der Waals surface area contributed by atoms with Gasteiger partial charge in [-0.05, 0) is 77.5 Å². The Bertz CT molecular complexity index is 1940. The average Bonchev–Trinajstić information content (AvgIpc) is 3.64. The van der Waals surface area contributed by atoms with E-state index in [-0.39, 0.29) is 5.91 Å². The van der Waals surface area contributed by atoms with Crippen LogP contribution in [0.5, 0.6) is 0 Å². The van der Waals surface area contributed by atoms with Crippen molar-refractivity contribution in [3.63, 3.8) is 0 Å². The van der Waals surface area contributed by atoms with E-state index < -0.39 is 53.0 Å². The molecule has 3 heterocycles. The topological polar surface area (TPSA) is 133 Å². The van der Waals surface area contributed by atoms with Gasteiger partial charge in [-0.1, -0.05) is 25.1 Å². The van der Waals surface area contributed by atoms with E-state index in [1.54, 1.807) is 13.8 Å². The van der Waals surface area contributed by atoms with Gasteiger partial charge in [-0.2, -0.15) is 8.78 Å². The fourth-order valence-electron chi connectivity index (χ4n) is 5.95. The second-order valence-corrected chi connectivity index (χ2v) is 12.6. The molecular weight excluding hydrogens is 668 g/mol. The quantitative estimate of drug-likeness (QED) is 0.163. The Labute approximate surface area is 291 Å². The van der Waals surface area contributed by atoms with Crippen LogP contribution >= 0.6 is 0 Å². The molecule has 15 heteroatoms. The Balaban J connectivity index is 1.11. The maximum Gasteiger partial charge on any atom is 0.323 e. The number of tetrazole rings is 1. The zero-order valence-electron chi connectivity index (χ0n) is 27.8. The lowest BCUT2D eigenvalue weighted by Crippen LogP contribution is -2.48. The largest absolute Gasteiger partial charge is 0.393 e. The number of aromatic nitrogens is 5. The van der Waals surface area contributed by atoms with Crippen LogP contribution in [0.2, 0.25) is 0 Å². The molecule has 3 atom stereocenters. The van der Waals surface area contributed by atoms with Crippen molar-refractivity contribution in [3.05, 3.63) is 114 Å². The van der Waals surface area contributed by atoms with Crippen LogP contribution in [0.4, 0.5) is 34.6 Å². The number of hydrogen-bond donors (Lipinski definition) is 3. The van der Waals surface area contributed by atoms with E-state index in [1.165, 1.54) is 12.3 Å². The maximum atomic E-state index is 16.1. The number of carbonyl (C=O) groups excluding carboxylic acids is 1. The first kappa shape index (κ1) is 35.4. The van der Waals surface area contributed by atoms with Crippen LogP contribution in [0.15, 0.2) is 91.4 Å². The minimum absolute atomic E-state index is 0.241. The van der Waals surface area contributed by atoms with Gasteiger partial charge in [-0.25, -0.2) is 13.5 Å². The summed E-state index contributed by atoms with van der Waals surface area (Å²) in [7, 11) is 0. The number of benzene rings is 3. The summed E-state index contributed by atoms with van der Waals surface area (Å²) in [5.74, 6) is -7.26. The van der Waals surface area contributed by atoms with E-state index in [0.717, 1.165) is 72.3 Å². The van der Waals surface area contributed by atoms with Crippen molar-refractivity contribution in [1.29, 1.82) is 0 Å². The number of alkyl halides is 2. The smallest absolute Gasteiger partial charge is 0.323 e. The summed E-state index contributed by atoms with van der Waals surface area (Å²) >= 11 is 0. The predicted octanol–water partition coefficient (Wildman–Crippen LogP) is 4.98. The van der Waals surface area contributed by atoms with Gasteiger partial charge in [0.1, 0.15) is 23.7 Å². The molecule has 1 aliphatic heterocycles. The third-order valence-electron chi connectivity index (χ3n) is 9.25. The minimum atomic E-state index is -4.15. The van der Waals surface area contributed by atoms with E-state index in [0.29, 0.717) is 17.3 Å². The number of halogens is 4. The number of aliphatic hydroxyl groups excluding tert-OH is 1. The summed E-state index contributed by atoms with van der Waals surface area (Å²) in [5.41, 5.74) is -0.930. The average molecular weight is 705 g/mol. The van der Waals surface area contributed by atoms with E-state index in [4.69, 9.17) is 0 Å². The molecule has 1 amide bonds. The van der Waals surface area contributed by atoms with Crippen molar-refractivity contribution in [2.75, 3.05) is 41.3 Å². The summed E-state index contributed by atoms with van der Waals surface area (Å²) in [4.78, 5) is 20.7. The molecule has 0 bridgehead atoms. The number of nitrogens with zero attached hydrogens (tertiary/aromatic N) is 7. The monoisotopic (exact) mass is 704 g/mol. The molecule has 6 rings (SSSR count). The zero-order chi connectivity index (χ0) is 36.3. The van der Waals surface area contributed by atoms with Gasteiger partial charge in [-0.3, -0.25) is 9.78 Å². The summed E-state index contributed by atoms with van der Waals surface area (Å²) in [6.07, 6.45) is 1.50. The summed E-state index contributed by atoms with van der Waals surface area (Å²) in [6.45, 7) is 5.38. The van der Waals surface area contributed by atoms with Crippen molar-refractivity contribution in [2.45, 2.75) is 38.0 Å². The molecule has 0 radical (unpaired) electrons. The normalized spacial score (nSPS) is 16.0. The molecule has 1 saturated heterocycles. The number of pyridine rings is 1. The van der Waals surface area contributed by atoms with E-state index in [2.05, 4.69) is 35.6 Å². The van der Waals surface area contributed by atoms with E-state index in [9.17, 15) is 23.8 Å². The zero-order valence-corrected chi connectivity index (χ0v) is 27.8. The lowest BCUT2D eigenvalue weighted by molar-refractivity contribution is -0.207. The van der Waals surface area contributed by atoms with Gasteiger partial charge in [0.2, 0.25) is 5.91 Å². The fourth-order valence-corrected chi connectivity index (χ4v) is 5.95. The second kappa shape index (κ2) is 14.4. The number of nitrogens with one attached hydrogen (secondary N) is 1. The first-order chi connectivity index (χ1) is 24.4. The third kappa shape index (κ3) is 7.39. The fraction of sp³-hybridized carbons (Fsp3) is 0.306. The van der Waals surface area contributed by atoms with Gasteiger partial charge in [0.25, 0.3) is 0 Å². The summed E-state index contributed by atoms with van der Waals surface area (Å²) < 4.78 is 61.5. The molecule has 1 fully saturated rings. The minimum Gasteiger partial charge on any atom is -0.393 e. The first-order valence-corrected chi connectivity index (χ1v) is 16.3. The van der Waals surface area contributed by atoms with Gasteiger partial charge in [0, 0.05) is 66.6 Å². The molecule has 1 aliphatic rings. The molecule has 5 aromatic rings. The summed E-state index contributed by atoms with van der Waals surface area (Å²) in [5, 5.41) is 34.2. The molecular formula is C36H36F4N8O3. The third-order valence-corrected chi connectivity index (χ3v) is 9.25. The Morgan fingerprint density at radius 2 is 1.49 bits per heavy atom. The number of aliphatic hydroxyl groups is 2. The van der Waals surface area contributed by atoms with Crippen molar-refractivity contribution in [3.8, 4) is 11.1 Å². The van der Waals surface area contributed by atoms with Gasteiger partial charge in [0.05, 0.1) is 18.6 Å². The first-order valence-electron chi connectivity index (χ1n) is 16.3. The highest BCUT2D eigenvalue weighted by atomic mass is 19.3. The molecule has 51 heavy (non-hydrogen) atoms. The number of anilines is 3. The van der Waals surface area contributed by atoms with Crippen LogP contribution in [-0.4, -0.2) is 73.6 Å². The SMILES string of the molecule is CC(O)C(C)C(=O)Nc1ccc(N2CCN(c3ccc(-c4ccc(C(F)(F)[C@](O)(Cn5cnnn5)c5ccc(F)cc5F)nc4)cc3)CC2)cc1. The Kier molecular flexibility index (Phi) is 10.0. The van der Waals surface area contributed by atoms with Crippen molar-refractivity contribution in [2.24, 2.45) is 5.92 Å². The van der Waals surface area contributed by atoms with Gasteiger partial charge in [0.15, 0.2) is 5.60 Å². The van der Waals surface area contributed by atoms with Crippen LogP contribution in [-0.2, 0) is 22.9 Å². The molecule has 11 nitrogen and oxygen atoms in total. The van der Waals surface area contributed by atoms with Crippen LogP contribution in [0, 0.1) is 17.6 Å². The highest BCUT2D eigenvalue weighted by Crippen LogP contribution is 2.47. The van der Waals surface area contributed by atoms with Crippen LogP contribution in [0.1, 0.15) is 25.1 Å². The molecule has 2 unspecified atom stereocenters. The number of carbonyl (C=O) groups is 1. The molecule has 266 valence electrons. The van der Waals surface area contributed by atoms with Crippen LogP contribution in [0.3, 0.4) is 0 Å². The van der Waals surface area contributed by atoms with E-state index in [1.807, 2.05) is 48.5 Å². The Hall–Kier alpha value is -5.41. The molecule has 0 aliphatic carbocycles. The number of hydrogen-bond acceptors (Lipinski definition) is 9. The molecule has 3 aromatic carbocycles. The highest BCUT2D eigenvalue weighted by Gasteiger charge is 2.58. The molecule has 3 N–H and O–H groups in total. The lowest BCUT2D eigenvalue weighted by Gasteiger charge is -2.37. The molecule has 0 saturated carbocycles. The maximum absolute atomic E-state index is 16.1. The predicted molar refractivity (Wildman–Crippen MR) is 182 cm³/mol. The van der Waals surface area contributed by atoms with Crippen molar-refractivity contribution < 1.29 is 32.6 Å².